The van der Waals surface area contributed by atoms with E-state index in [-0.39, 0.29) is 11.5 Å². The predicted octanol–water partition coefficient (Wildman–Crippen LogP) is 3.99. The highest BCUT2D eigenvalue weighted by Gasteiger charge is 2.47. The highest BCUT2D eigenvalue weighted by Crippen LogP contribution is 2.43. The lowest BCUT2D eigenvalue weighted by atomic mass is 9.80. The van der Waals surface area contributed by atoms with Crippen molar-refractivity contribution in [2.45, 2.75) is 50.2 Å². The summed E-state index contributed by atoms with van der Waals surface area (Å²) < 4.78 is 28.6. The van der Waals surface area contributed by atoms with Crippen LogP contribution in [0.5, 0.6) is 0 Å². The maximum Gasteiger partial charge on any atom is 0.240 e. The van der Waals surface area contributed by atoms with Crippen molar-refractivity contribution in [3.05, 3.63) is 71.3 Å². The maximum atomic E-state index is 14.6. The summed E-state index contributed by atoms with van der Waals surface area (Å²) in [7, 11) is 2.19. The van der Waals surface area contributed by atoms with Crippen molar-refractivity contribution in [2.75, 3.05) is 26.7 Å². The van der Waals surface area contributed by atoms with Crippen LogP contribution in [0.2, 0.25) is 0 Å². The number of rotatable bonds is 6. The van der Waals surface area contributed by atoms with E-state index in [9.17, 15) is 13.6 Å². The Kier molecular flexibility index (Phi) is 5.79. The van der Waals surface area contributed by atoms with Crippen molar-refractivity contribution >= 4 is 11.6 Å². The van der Waals surface area contributed by atoms with Crippen molar-refractivity contribution < 1.29 is 13.6 Å². The van der Waals surface area contributed by atoms with Crippen molar-refractivity contribution in [1.82, 2.24) is 14.8 Å². The summed E-state index contributed by atoms with van der Waals surface area (Å²) in [5.74, 6) is -1.25. The Morgan fingerprint density at radius 3 is 2.58 bits per heavy atom. The molecule has 0 saturated carbocycles. The van der Waals surface area contributed by atoms with Gasteiger partial charge < -0.3 is 4.90 Å². The lowest BCUT2D eigenvalue weighted by Crippen LogP contribution is -2.46. The second-order valence-electron chi connectivity index (χ2n) is 9.66. The molecule has 0 aliphatic carbocycles. The van der Waals surface area contributed by atoms with Gasteiger partial charge in [-0.3, -0.25) is 9.69 Å². The van der Waals surface area contributed by atoms with Crippen LogP contribution in [0.1, 0.15) is 43.7 Å². The molecule has 5 rings (SSSR count). The van der Waals surface area contributed by atoms with Gasteiger partial charge >= 0.3 is 0 Å². The number of fused-ring (bicyclic) bond motifs is 2. The molecule has 1 amide bonds. The first-order chi connectivity index (χ1) is 15.9. The van der Waals surface area contributed by atoms with Gasteiger partial charge in [0.05, 0.1) is 11.3 Å². The number of likely N-dealkylation sites (N-methyl/N-ethyl adjacent to an activating group) is 1. The number of halogens is 2. The monoisotopic (exact) mass is 452 g/mol. The molecule has 2 saturated heterocycles. The molecule has 2 bridgehead atoms. The van der Waals surface area contributed by atoms with Crippen molar-refractivity contribution in [3.63, 3.8) is 0 Å². The molecule has 0 aromatic heterocycles. The van der Waals surface area contributed by atoms with Crippen LogP contribution in [0, 0.1) is 11.6 Å². The van der Waals surface area contributed by atoms with Gasteiger partial charge in [-0.25, -0.2) is 13.8 Å². The fraction of sp³-hybridized carbons (Fsp3) is 0.462. The Hall–Kier alpha value is -2.64. The van der Waals surface area contributed by atoms with Crippen LogP contribution in [0.15, 0.2) is 53.6 Å². The molecule has 2 aromatic rings. The van der Waals surface area contributed by atoms with E-state index in [4.69, 9.17) is 0 Å². The lowest BCUT2D eigenvalue weighted by molar-refractivity contribution is -0.135. The largest absolute Gasteiger partial charge is 0.301 e. The number of hydrazone groups is 1. The van der Waals surface area contributed by atoms with Crippen LogP contribution in [0.3, 0.4) is 0 Å². The van der Waals surface area contributed by atoms with E-state index in [1.165, 1.54) is 24.4 Å². The Morgan fingerprint density at radius 1 is 1.12 bits per heavy atom. The molecule has 3 aliphatic heterocycles. The van der Waals surface area contributed by atoms with Gasteiger partial charge in [0.1, 0.15) is 11.6 Å². The Bertz CT molecular complexity index is 1070. The van der Waals surface area contributed by atoms with E-state index >= 15 is 0 Å². The normalized spacial score (nSPS) is 27.4. The van der Waals surface area contributed by atoms with Gasteiger partial charge in [0.25, 0.3) is 0 Å². The molecule has 2 fully saturated rings. The third-order valence-electron chi connectivity index (χ3n) is 7.60. The molecule has 3 unspecified atom stereocenters. The summed E-state index contributed by atoms with van der Waals surface area (Å²) >= 11 is 0. The zero-order valence-corrected chi connectivity index (χ0v) is 19.2. The molecule has 174 valence electrons. The number of hydrogen-bond donors (Lipinski definition) is 0. The average Bonchev–Trinajstić information content (AvgIpc) is 3.49. The fourth-order valence-corrected chi connectivity index (χ4v) is 5.95. The van der Waals surface area contributed by atoms with E-state index in [0.29, 0.717) is 30.6 Å². The van der Waals surface area contributed by atoms with Gasteiger partial charge in [0.2, 0.25) is 5.91 Å². The van der Waals surface area contributed by atoms with E-state index in [1.807, 2.05) is 30.3 Å². The molecule has 3 heterocycles. The minimum absolute atomic E-state index is 0.124. The van der Waals surface area contributed by atoms with Gasteiger partial charge in [0.15, 0.2) is 0 Å². The molecule has 7 heteroatoms. The van der Waals surface area contributed by atoms with Gasteiger partial charge in [-0.1, -0.05) is 30.3 Å². The fourth-order valence-electron chi connectivity index (χ4n) is 5.95. The van der Waals surface area contributed by atoms with Gasteiger partial charge in [0, 0.05) is 44.1 Å². The second kappa shape index (κ2) is 8.61. The number of benzene rings is 2. The first kappa shape index (κ1) is 22.2. The summed E-state index contributed by atoms with van der Waals surface area (Å²) in [6, 6.07) is 14.5. The topological polar surface area (TPSA) is 39.2 Å². The molecule has 0 N–H and O–H groups in total. The summed E-state index contributed by atoms with van der Waals surface area (Å²) in [6.45, 7) is 4.65. The minimum atomic E-state index is -0.712. The van der Waals surface area contributed by atoms with Crippen molar-refractivity contribution in [1.29, 1.82) is 0 Å². The highest BCUT2D eigenvalue weighted by atomic mass is 19.1. The number of amides is 1. The molecule has 5 nitrogen and oxygen atoms in total. The van der Waals surface area contributed by atoms with E-state index in [0.717, 1.165) is 43.8 Å². The van der Waals surface area contributed by atoms with Gasteiger partial charge in [-0.2, -0.15) is 5.10 Å². The molecular weight excluding hydrogens is 422 g/mol. The van der Waals surface area contributed by atoms with Crippen molar-refractivity contribution in [3.8, 4) is 0 Å². The number of carbonyl (C=O) groups is 1. The molecule has 33 heavy (non-hydrogen) atoms. The van der Waals surface area contributed by atoms with Crippen LogP contribution in [-0.2, 0) is 10.3 Å². The number of piperazine rings is 1. The maximum absolute atomic E-state index is 14.6. The quantitative estimate of drug-likeness (QED) is 0.666. The second-order valence-corrected chi connectivity index (χ2v) is 9.66. The predicted molar refractivity (Wildman–Crippen MR) is 124 cm³/mol. The molecule has 3 aliphatic rings. The summed E-state index contributed by atoms with van der Waals surface area (Å²) in [6.07, 6.45) is 3.17. The first-order valence-corrected chi connectivity index (χ1v) is 11.7. The number of likely N-dealkylation sites (tertiary alicyclic amines) is 2. The summed E-state index contributed by atoms with van der Waals surface area (Å²) in [4.78, 5) is 17.8. The van der Waals surface area contributed by atoms with Crippen LogP contribution in [0.4, 0.5) is 8.78 Å². The Labute approximate surface area is 193 Å². The summed E-state index contributed by atoms with van der Waals surface area (Å²) in [5, 5.41) is 6.07. The molecular formula is C26H30F2N4O. The van der Waals surface area contributed by atoms with E-state index in [2.05, 4.69) is 21.9 Å². The van der Waals surface area contributed by atoms with Crippen molar-refractivity contribution in [2.24, 2.45) is 5.10 Å². The standard InChI is InChI=1S/C26H30F2N4O/c1-18(33)32-26(19-7-4-3-5-8-19,11-6-12-31-17-21-14-22(31)16-30(21)2)15-25(29-32)23-13-20(27)9-10-24(23)28/h3-5,7-10,13,21-22H,6,11-12,14-17H2,1-2H3. The van der Waals surface area contributed by atoms with Gasteiger partial charge in [-0.15, -0.1) is 0 Å². The number of nitrogens with zero attached hydrogens (tertiary/aromatic N) is 4. The average molecular weight is 453 g/mol. The Balaban J connectivity index is 1.43. The number of carbonyl (C=O) groups excluding carboxylic acids is 1. The molecule has 2 aromatic carbocycles. The molecule has 3 atom stereocenters. The summed E-state index contributed by atoms with van der Waals surface area (Å²) in [5.41, 5.74) is 0.793. The Morgan fingerprint density at radius 2 is 1.91 bits per heavy atom. The third-order valence-corrected chi connectivity index (χ3v) is 7.60. The molecule has 0 spiro atoms. The smallest absolute Gasteiger partial charge is 0.240 e. The zero-order valence-electron chi connectivity index (χ0n) is 19.2. The van der Waals surface area contributed by atoms with Gasteiger partial charge in [-0.05, 0) is 56.6 Å². The van der Waals surface area contributed by atoms with Crippen LogP contribution >= 0.6 is 0 Å². The van der Waals surface area contributed by atoms with E-state index in [1.54, 1.807) is 0 Å². The van der Waals surface area contributed by atoms with E-state index < -0.39 is 17.2 Å². The zero-order chi connectivity index (χ0) is 23.2. The third kappa shape index (κ3) is 3.97. The number of hydrogen-bond acceptors (Lipinski definition) is 4. The highest BCUT2D eigenvalue weighted by molar-refractivity contribution is 6.03. The van der Waals surface area contributed by atoms with Crippen LogP contribution < -0.4 is 0 Å². The molecule has 0 radical (unpaired) electrons. The first-order valence-electron chi connectivity index (χ1n) is 11.7. The lowest BCUT2D eigenvalue weighted by Gasteiger charge is -2.38. The SMILES string of the molecule is CC(=O)N1N=C(c2cc(F)ccc2F)CC1(CCCN1CC2CC1CN2C)c1ccccc1. The van der Waals surface area contributed by atoms with Crippen LogP contribution in [0.25, 0.3) is 0 Å². The van der Waals surface area contributed by atoms with Crippen LogP contribution in [-0.4, -0.2) is 65.2 Å². The minimum Gasteiger partial charge on any atom is -0.301 e.